The lowest BCUT2D eigenvalue weighted by Gasteiger charge is -2.49. The highest BCUT2D eigenvalue weighted by Gasteiger charge is 2.39. The maximum Gasteiger partial charge on any atom is 0.0461 e. The van der Waals surface area contributed by atoms with E-state index in [9.17, 15) is 0 Å². The molecule has 0 aromatic heterocycles. The zero-order valence-electron chi connectivity index (χ0n) is 13.0. The van der Waals surface area contributed by atoms with Crippen LogP contribution >= 0.6 is 0 Å². The number of benzene rings is 1. The molecule has 1 aromatic rings. The lowest BCUT2D eigenvalue weighted by atomic mass is 9.74. The molecule has 2 aliphatic rings. The molecule has 3 rings (SSSR count). The van der Waals surface area contributed by atoms with Crippen molar-refractivity contribution in [1.82, 2.24) is 10.2 Å². The molecule has 1 saturated heterocycles. The van der Waals surface area contributed by atoms with E-state index in [0.29, 0.717) is 5.54 Å². The summed E-state index contributed by atoms with van der Waals surface area (Å²) in [5, 5.41) is 3.50. The van der Waals surface area contributed by atoms with Crippen LogP contribution in [0.4, 0.5) is 0 Å². The molecule has 0 radical (unpaired) electrons. The molecule has 1 heterocycles. The van der Waals surface area contributed by atoms with Crippen molar-refractivity contribution in [1.29, 1.82) is 0 Å². The summed E-state index contributed by atoms with van der Waals surface area (Å²) < 4.78 is 0. The Bertz CT molecular complexity index is 454. The second-order valence-corrected chi connectivity index (χ2v) is 6.63. The fourth-order valence-electron chi connectivity index (χ4n) is 4.05. The van der Waals surface area contributed by atoms with E-state index in [-0.39, 0.29) is 0 Å². The molecule has 20 heavy (non-hydrogen) atoms. The lowest BCUT2D eigenvalue weighted by Crippen LogP contribution is -2.55. The standard InChI is InChI=1S/C18H28N2/c1-15-6-7-17(14-16(15)2)18(8-4-3-5-9-18)20-12-10-19-11-13-20/h6-7,14,19H,3-5,8-13H2,1-2H3. The molecule has 0 spiro atoms. The summed E-state index contributed by atoms with van der Waals surface area (Å²) in [7, 11) is 0. The highest BCUT2D eigenvalue weighted by Crippen LogP contribution is 2.42. The summed E-state index contributed by atoms with van der Waals surface area (Å²) in [6.45, 7) is 9.17. The van der Waals surface area contributed by atoms with Gasteiger partial charge in [-0.3, -0.25) is 4.90 Å². The average Bonchev–Trinajstić information content (AvgIpc) is 2.51. The third kappa shape index (κ3) is 2.51. The molecule has 1 aliphatic carbocycles. The number of aryl methyl sites for hydroxylation is 2. The molecular weight excluding hydrogens is 244 g/mol. The van der Waals surface area contributed by atoms with Gasteiger partial charge in [0.05, 0.1) is 0 Å². The van der Waals surface area contributed by atoms with Gasteiger partial charge < -0.3 is 5.32 Å². The Hall–Kier alpha value is -0.860. The predicted octanol–water partition coefficient (Wildman–Crippen LogP) is 3.37. The van der Waals surface area contributed by atoms with Crippen molar-refractivity contribution < 1.29 is 0 Å². The molecule has 1 aromatic carbocycles. The first-order chi connectivity index (χ1) is 9.72. The Balaban J connectivity index is 1.97. The van der Waals surface area contributed by atoms with Crippen LogP contribution in [0.2, 0.25) is 0 Å². The van der Waals surface area contributed by atoms with E-state index in [1.165, 1.54) is 56.3 Å². The van der Waals surface area contributed by atoms with Crippen LogP contribution in [0.1, 0.15) is 48.8 Å². The molecule has 0 atom stereocenters. The third-order valence-electron chi connectivity index (χ3n) is 5.45. The van der Waals surface area contributed by atoms with Crippen molar-refractivity contribution in [2.45, 2.75) is 51.5 Å². The normalized spacial score (nSPS) is 23.7. The van der Waals surface area contributed by atoms with Gasteiger partial charge in [-0.1, -0.05) is 37.5 Å². The second-order valence-electron chi connectivity index (χ2n) is 6.63. The first-order valence-electron chi connectivity index (χ1n) is 8.26. The van der Waals surface area contributed by atoms with E-state index < -0.39 is 0 Å². The first kappa shape index (κ1) is 14.1. The first-order valence-corrected chi connectivity index (χ1v) is 8.26. The Morgan fingerprint density at radius 3 is 2.30 bits per heavy atom. The number of piperazine rings is 1. The fourth-order valence-corrected chi connectivity index (χ4v) is 4.05. The monoisotopic (exact) mass is 272 g/mol. The zero-order valence-corrected chi connectivity index (χ0v) is 13.0. The van der Waals surface area contributed by atoms with E-state index in [0.717, 1.165) is 13.1 Å². The van der Waals surface area contributed by atoms with Gasteiger partial charge in [0.15, 0.2) is 0 Å². The van der Waals surface area contributed by atoms with Gasteiger partial charge in [-0.15, -0.1) is 0 Å². The van der Waals surface area contributed by atoms with Gasteiger partial charge in [0.25, 0.3) is 0 Å². The van der Waals surface area contributed by atoms with E-state index in [2.05, 4.69) is 42.3 Å². The van der Waals surface area contributed by atoms with Crippen molar-refractivity contribution in [3.8, 4) is 0 Å². The highest BCUT2D eigenvalue weighted by molar-refractivity contribution is 5.35. The zero-order chi connectivity index (χ0) is 14.0. The lowest BCUT2D eigenvalue weighted by molar-refractivity contribution is 0.0361. The molecule has 1 aliphatic heterocycles. The van der Waals surface area contributed by atoms with Gasteiger partial charge in [0.2, 0.25) is 0 Å². The summed E-state index contributed by atoms with van der Waals surface area (Å²) in [5.41, 5.74) is 4.75. The van der Waals surface area contributed by atoms with E-state index in [1.54, 1.807) is 5.56 Å². The van der Waals surface area contributed by atoms with Crippen molar-refractivity contribution in [3.05, 3.63) is 34.9 Å². The van der Waals surface area contributed by atoms with E-state index in [1.807, 2.05) is 0 Å². The molecule has 0 amide bonds. The summed E-state index contributed by atoms with van der Waals surface area (Å²) in [6, 6.07) is 7.18. The molecule has 2 nitrogen and oxygen atoms in total. The SMILES string of the molecule is Cc1ccc(C2(N3CCNCC3)CCCCC2)cc1C. The molecule has 1 saturated carbocycles. The number of nitrogens with one attached hydrogen (secondary N) is 1. The third-order valence-corrected chi connectivity index (χ3v) is 5.45. The summed E-state index contributed by atoms with van der Waals surface area (Å²) in [6.07, 6.45) is 6.87. The maximum absolute atomic E-state index is 3.50. The van der Waals surface area contributed by atoms with Crippen LogP contribution in [0.5, 0.6) is 0 Å². The maximum atomic E-state index is 3.50. The van der Waals surface area contributed by atoms with Crippen LogP contribution in [0.3, 0.4) is 0 Å². The van der Waals surface area contributed by atoms with Crippen LogP contribution < -0.4 is 5.32 Å². The number of rotatable bonds is 2. The van der Waals surface area contributed by atoms with Gasteiger partial charge in [0.1, 0.15) is 0 Å². The quantitative estimate of drug-likeness (QED) is 0.888. The van der Waals surface area contributed by atoms with Crippen molar-refractivity contribution in [3.63, 3.8) is 0 Å². The fraction of sp³-hybridized carbons (Fsp3) is 0.667. The Kier molecular flexibility index (Phi) is 4.13. The summed E-state index contributed by atoms with van der Waals surface area (Å²) >= 11 is 0. The smallest absolute Gasteiger partial charge is 0.0461 e. The van der Waals surface area contributed by atoms with Gasteiger partial charge in [-0.25, -0.2) is 0 Å². The summed E-state index contributed by atoms with van der Waals surface area (Å²) in [4.78, 5) is 2.77. The van der Waals surface area contributed by atoms with Crippen LogP contribution in [0.15, 0.2) is 18.2 Å². The Labute approximate surface area is 123 Å². The number of nitrogens with zero attached hydrogens (tertiary/aromatic N) is 1. The summed E-state index contributed by atoms with van der Waals surface area (Å²) in [5.74, 6) is 0. The second kappa shape index (κ2) is 5.87. The number of hydrogen-bond donors (Lipinski definition) is 1. The van der Waals surface area contributed by atoms with E-state index in [4.69, 9.17) is 0 Å². The minimum Gasteiger partial charge on any atom is -0.314 e. The Morgan fingerprint density at radius 2 is 1.65 bits per heavy atom. The molecule has 110 valence electrons. The topological polar surface area (TPSA) is 15.3 Å². The average molecular weight is 272 g/mol. The van der Waals surface area contributed by atoms with Crippen molar-refractivity contribution >= 4 is 0 Å². The van der Waals surface area contributed by atoms with Gasteiger partial charge in [0, 0.05) is 31.7 Å². The number of hydrogen-bond acceptors (Lipinski definition) is 2. The van der Waals surface area contributed by atoms with Gasteiger partial charge >= 0.3 is 0 Å². The molecule has 0 bridgehead atoms. The predicted molar refractivity (Wildman–Crippen MR) is 85.1 cm³/mol. The molecule has 2 heteroatoms. The highest BCUT2D eigenvalue weighted by atomic mass is 15.2. The Morgan fingerprint density at radius 1 is 0.950 bits per heavy atom. The molecule has 0 unspecified atom stereocenters. The van der Waals surface area contributed by atoms with Gasteiger partial charge in [-0.2, -0.15) is 0 Å². The molecule has 2 fully saturated rings. The van der Waals surface area contributed by atoms with Crippen molar-refractivity contribution in [2.24, 2.45) is 0 Å². The van der Waals surface area contributed by atoms with Crippen LogP contribution in [0.25, 0.3) is 0 Å². The van der Waals surface area contributed by atoms with Crippen molar-refractivity contribution in [2.75, 3.05) is 26.2 Å². The molecule has 1 N–H and O–H groups in total. The van der Waals surface area contributed by atoms with Crippen LogP contribution in [0, 0.1) is 13.8 Å². The van der Waals surface area contributed by atoms with Gasteiger partial charge in [-0.05, 0) is 43.4 Å². The molecular formula is C18H28N2. The van der Waals surface area contributed by atoms with E-state index >= 15 is 0 Å². The van der Waals surface area contributed by atoms with Crippen LogP contribution in [-0.4, -0.2) is 31.1 Å². The largest absolute Gasteiger partial charge is 0.314 e. The minimum absolute atomic E-state index is 0.318. The van der Waals surface area contributed by atoms with Crippen LogP contribution in [-0.2, 0) is 5.54 Å². The minimum atomic E-state index is 0.318.